The lowest BCUT2D eigenvalue weighted by Gasteiger charge is -2.37. The van der Waals surface area contributed by atoms with Crippen molar-refractivity contribution in [3.8, 4) is 0 Å². The van der Waals surface area contributed by atoms with E-state index in [2.05, 4.69) is 11.9 Å². The number of piperazine rings is 1. The van der Waals surface area contributed by atoms with Gasteiger partial charge in [0.05, 0.1) is 0 Å². The molecular weight excluding hydrogens is 326 g/mol. The molecule has 1 aliphatic heterocycles. The molecule has 0 N–H and O–H groups in total. The maximum atomic E-state index is 13.0. The fraction of sp³-hybridized carbons (Fsp3) is 0.619. The summed E-state index contributed by atoms with van der Waals surface area (Å²) in [6.45, 7) is 6.30. The highest BCUT2D eigenvalue weighted by Gasteiger charge is 2.34. The zero-order valence-electron chi connectivity index (χ0n) is 16.1. The van der Waals surface area contributed by atoms with Crippen LogP contribution < -0.4 is 4.90 Å². The van der Waals surface area contributed by atoms with Crippen LogP contribution in [0.3, 0.4) is 0 Å². The summed E-state index contributed by atoms with van der Waals surface area (Å²) in [5, 5.41) is 0. The Hall–Kier alpha value is -1.88. The monoisotopic (exact) mass is 357 g/mol. The largest absolute Gasteiger partial charge is 0.340 e. The quantitative estimate of drug-likeness (QED) is 0.832. The van der Waals surface area contributed by atoms with Crippen molar-refractivity contribution in [2.75, 3.05) is 44.7 Å². The average Bonchev–Trinajstić information content (AvgIpc) is 2.69. The first-order valence-electron chi connectivity index (χ1n) is 9.94. The Bertz CT molecular complexity index is 603. The van der Waals surface area contributed by atoms with Crippen LogP contribution in [0, 0.1) is 11.8 Å². The second-order valence-corrected chi connectivity index (χ2v) is 7.60. The molecule has 0 aromatic heterocycles. The van der Waals surface area contributed by atoms with Gasteiger partial charge in [0.1, 0.15) is 0 Å². The van der Waals surface area contributed by atoms with Crippen LogP contribution in [0.4, 0.5) is 5.69 Å². The maximum Gasteiger partial charge on any atom is 0.230 e. The van der Waals surface area contributed by atoms with Crippen LogP contribution in [0.2, 0.25) is 0 Å². The number of para-hydroxylation sites is 1. The molecule has 1 saturated carbocycles. The average molecular weight is 357 g/mol. The minimum atomic E-state index is 0.0479. The van der Waals surface area contributed by atoms with Gasteiger partial charge in [0.2, 0.25) is 11.8 Å². The number of benzene rings is 1. The van der Waals surface area contributed by atoms with E-state index in [9.17, 15) is 9.59 Å². The summed E-state index contributed by atoms with van der Waals surface area (Å²) in [6, 6.07) is 9.89. The van der Waals surface area contributed by atoms with Crippen molar-refractivity contribution in [1.29, 1.82) is 0 Å². The lowest BCUT2D eigenvalue weighted by Crippen LogP contribution is -2.49. The summed E-state index contributed by atoms with van der Waals surface area (Å²) >= 11 is 0. The molecule has 0 radical (unpaired) electrons. The van der Waals surface area contributed by atoms with Crippen molar-refractivity contribution < 1.29 is 9.59 Å². The molecule has 142 valence electrons. The summed E-state index contributed by atoms with van der Waals surface area (Å²) < 4.78 is 0. The molecule has 0 bridgehead atoms. The molecule has 0 unspecified atom stereocenters. The van der Waals surface area contributed by atoms with Crippen molar-refractivity contribution >= 4 is 17.5 Å². The van der Waals surface area contributed by atoms with Crippen LogP contribution in [-0.4, -0.2) is 61.4 Å². The highest BCUT2D eigenvalue weighted by Crippen LogP contribution is 2.32. The Morgan fingerprint density at radius 1 is 0.962 bits per heavy atom. The van der Waals surface area contributed by atoms with Gasteiger partial charge in [-0.25, -0.2) is 0 Å². The van der Waals surface area contributed by atoms with Crippen molar-refractivity contribution in [2.45, 2.75) is 32.6 Å². The van der Waals surface area contributed by atoms with Gasteiger partial charge in [0.25, 0.3) is 0 Å². The zero-order valence-corrected chi connectivity index (χ0v) is 16.1. The van der Waals surface area contributed by atoms with Crippen LogP contribution in [0.25, 0.3) is 0 Å². The topological polar surface area (TPSA) is 43.9 Å². The highest BCUT2D eigenvalue weighted by atomic mass is 16.2. The fourth-order valence-corrected chi connectivity index (χ4v) is 4.17. The first kappa shape index (κ1) is 18.9. The molecule has 1 aromatic carbocycles. The number of rotatable bonds is 4. The molecule has 5 heteroatoms. The molecule has 1 aromatic rings. The molecule has 1 aliphatic carbocycles. The van der Waals surface area contributed by atoms with E-state index in [0.29, 0.717) is 12.5 Å². The minimum absolute atomic E-state index is 0.0479. The number of nitrogens with zero attached hydrogens (tertiary/aromatic N) is 3. The first-order chi connectivity index (χ1) is 12.6. The summed E-state index contributed by atoms with van der Waals surface area (Å²) in [4.78, 5) is 31.9. The van der Waals surface area contributed by atoms with Crippen LogP contribution >= 0.6 is 0 Å². The summed E-state index contributed by atoms with van der Waals surface area (Å²) in [5.74, 6) is 0.671. The maximum absolute atomic E-state index is 13.0. The molecule has 2 fully saturated rings. The van der Waals surface area contributed by atoms with Gasteiger partial charge in [-0.1, -0.05) is 18.2 Å². The second-order valence-electron chi connectivity index (χ2n) is 7.60. The van der Waals surface area contributed by atoms with Gasteiger partial charge in [0.15, 0.2) is 0 Å². The van der Waals surface area contributed by atoms with Crippen molar-refractivity contribution in [2.24, 2.45) is 11.8 Å². The number of likely N-dealkylation sites (N-methyl/N-ethyl adjacent to an activating group) is 1. The first-order valence-corrected chi connectivity index (χ1v) is 9.94. The van der Waals surface area contributed by atoms with Gasteiger partial charge in [-0.3, -0.25) is 9.59 Å². The van der Waals surface area contributed by atoms with E-state index in [1.807, 2.05) is 47.1 Å². The molecule has 3 rings (SSSR count). The third-order valence-electron chi connectivity index (χ3n) is 5.89. The van der Waals surface area contributed by atoms with Crippen molar-refractivity contribution in [1.82, 2.24) is 9.80 Å². The van der Waals surface area contributed by atoms with E-state index in [4.69, 9.17) is 0 Å². The molecule has 2 aliphatic rings. The molecule has 2 amide bonds. The van der Waals surface area contributed by atoms with E-state index >= 15 is 0 Å². The van der Waals surface area contributed by atoms with Crippen molar-refractivity contribution in [3.63, 3.8) is 0 Å². The van der Waals surface area contributed by atoms with Gasteiger partial charge in [-0.05, 0) is 51.8 Å². The predicted molar refractivity (Wildman–Crippen MR) is 104 cm³/mol. The fourth-order valence-electron chi connectivity index (χ4n) is 4.17. The Balaban J connectivity index is 1.54. The van der Waals surface area contributed by atoms with E-state index in [0.717, 1.165) is 57.5 Å². The summed E-state index contributed by atoms with van der Waals surface area (Å²) in [5.41, 5.74) is 0.968. The number of carbonyl (C=O) groups is 2. The third kappa shape index (κ3) is 4.26. The summed E-state index contributed by atoms with van der Waals surface area (Å²) in [6.07, 6.45) is 3.33. The number of amides is 2. The molecule has 26 heavy (non-hydrogen) atoms. The SMILES string of the molecule is CCN(C(=O)C1CCC(C(=O)N2CCN(C)CC2)CC1)c1ccccc1. The third-order valence-corrected chi connectivity index (χ3v) is 5.89. The van der Waals surface area contributed by atoms with E-state index in [-0.39, 0.29) is 17.7 Å². The molecule has 1 heterocycles. The number of carbonyl (C=O) groups excluding carboxylic acids is 2. The second kappa shape index (κ2) is 8.67. The standard InChI is InChI=1S/C21H31N3O2/c1-3-24(19-7-5-4-6-8-19)21(26)18-11-9-17(10-12-18)20(25)23-15-13-22(2)14-16-23/h4-8,17-18H,3,9-16H2,1-2H3. The Kier molecular flexibility index (Phi) is 6.30. The lowest BCUT2D eigenvalue weighted by molar-refractivity contribution is -0.139. The van der Waals surface area contributed by atoms with Gasteiger partial charge in [-0.15, -0.1) is 0 Å². The Morgan fingerprint density at radius 3 is 2.12 bits per heavy atom. The van der Waals surface area contributed by atoms with Gasteiger partial charge < -0.3 is 14.7 Å². The van der Waals surface area contributed by atoms with Gasteiger partial charge in [0, 0.05) is 50.2 Å². The molecule has 0 spiro atoms. The number of anilines is 1. The van der Waals surface area contributed by atoms with Crippen LogP contribution in [0.1, 0.15) is 32.6 Å². The predicted octanol–water partition coefficient (Wildman–Crippen LogP) is 2.62. The van der Waals surface area contributed by atoms with Crippen LogP contribution in [0.15, 0.2) is 30.3 Å². The Labute approximate surface area is 156 Å². The Morgan fingerprint density at radius 2 is 1.54 bits per heavy atom. The molecule has 1 saturated heterocycles. The van der Waals surface area contributed by atoms with Gasteiger partial charge in [-0.2, -0.15) is 0 Å². The smallest absolute Gasteiger partial charge is 0.230 e. The number of hydrogen-bond donors (Lipinski definition) is 0. The van der Waals surface area contributed by atoms with Gasteiger partial charge >= 0.3 is 0 Å². The van der Waals surface area contributed by atoms with E-state index in [1.54, 1.807) is 0 Å². The molecular formula is C21H31N3O2. The highest BCUT2D eigenvalue weighted by molar-refractivity contribution is 5.95. The lowest BCUT2D eigenvalue weighted by atomic mass is 9.80. The van der Waals surface area contributed by atoms with Crippen molar-refractivity contribution in [3.05, 3.63) is 30.3 Å². The van der Waals surface area contributed by atoms with E-state index in [1.165, 1.54) is 0 Å². The van der Waals surface area contributed by atoms with Crippen LogP contribution in [0.5, 0.6) is 0 Å². The summed E-state index contributed by atoms with van der Waals surface area (Å²) in [7, 11) is 2.10. The van der Waals surface area contributed by atoms with Crippen LogP contribution in [-0.2, 0) is 9.59 Å². The normalized spacial score (nSPS) is 24.3. The molecule has 5 nitrogen and oxygen atoms in total. The minimum Gasteiger partial charge on any atom is -0.340 e. The number of hydrogen-bond acceptors (Lipinski definition) is 3. The van der Waals surface area contributed by atoms with E-state index < -0.39 is 0 Å². The zero-order chi connectivity index (χ0) is 18.5. The molecule has 0 atom stereocenters.